The van der Waals surface area contributed by atoms with Crippen LogP contribution in [0, 0.1) is 6.92 Å². The number of hydrogen-bond donors (Lipinski definition) is 1. The Hall–Kier alpha value is -2.41. The van der Waals surface area contributed by atoms with Crippen LogP contribution < -0.4 is 10.1 Å². The summed E-state index contributed by atoms with van der Waals surface area (Å²) < 4.78 is 5.25. The molecule has 1 fully saturated rings. The third-order valence-corrected chi connectivity index (χ3v) is 5.51. The van der Waals surface area contributed by atoms with Crippen LogP contribution in [0.15, 0.2) is 29.6 Å². The van der Waals surface area contributed by atoms with E-state index in [4.69, 9.17) is 4.74 Å². The van der Waals surface area contributed by atoms with Gasteiger partial charge < -0.3 is 15.0 Å². The Morgan fingerprint density at radius 2 is 2.26 bits per heavy atom. The minimum atomic E-state index is -0.0287. The summed E-state index contributed by atoms with van der Waals surface area (Å²) in [5, 5.41) is 5.95. The summed E-state index contributed by atoms with van der Waals surface area (Å²) in [5.41, 5.74) is 1.85. The number of carbonyl (C=O) groups is 2. The lowest BCUT2D eigenvalue weighted by Crippen LogP contribution is -2.36. The zero-order valence-electron chi connectivity index (χ0n) is 15.7. The maximum Gasteiger partial charge on any atom is 0.226 e. The number of likely N-dealkylation sites (tertiary alicyclic amines) is 1. The van der Waals surface area contributed by atoms with Gasteiger partial charge in [0.15, 0.2) is 0 Å². The van der Waals surface area contributed by atoms with Gasteiger partial charge in [-0.15, -0.1) is 11.3 Å². The van der Waals surface area contributed by atoms with Gasteiger partial charge in [0.1, 0.15) is 5.75 Å². The predicted molar refractivity (Wildman–Crippen MR) is 105 cm³/mol. The molecule has 1 aromatic heterocycles. The zero-order valence-corrected chi connectivity index (χ0v) is 16.6. The van der Waals surface area contributed by atoms with E-state index >= 15 is 0 Å². The number of benzene rings is 1. The van der Waals surface area contributed by atoms with Crippen LogP contribution in [-0.2, 0) is 22.6 Å². The second-order valence-electron chi connectivity index (χ2n) is 6.79. The average Bonchev–Trinajstić information content (AvgIpc) is 2.98. The van der Waals surface area contributed by atoms with Crippen LogP contribution in [0.3, 0.4) is 0 Å². The monoisotopic (exact) mass is 387 g/mol. The highest BCUT2D eigenvalue weighted by molar-refractivity contribution is 7.09. The Morgan fingerprint density at radius 1 is 1.41 bits per heavy atom. The molecular formula is C20H25N3O3S. The molecule has 0 aliphatic carbocycles. The number of amides is 2. The van der Waals surface area contributed by atoms with Gasteiger partial charge in [-0.05, 0) is 37.5 Å². The predicted octanol–water partition coefficient (Wildman–Crippen LogP) is 2.70. The Morgan fingerprint density at radius 3 is 3.00 bits per heavy atom. The molecule has 0 saturated carbocycles. The highest BCUT2D eigenvalue weighted by Crippen LogP contribution is 2.18. The highest BCUT2D eigenvalue weighted by Gasteiger charge is 2.24. The van der Waals surface area contributed by atoms with Gasteiger partial charge in [0.05, 0.1) is 24.2 Å². The molecule has 3 rings (SSSR count). The van der Waals surface area contributed by atoms with Crippen molar-refractivity contribution < 1.29 is 14.3 Å². The summed E-state index contributed by atoms with van der Waals surface area (Å²) in [6.07, 6.45) is 2.18. The number of nitrogens with zero attached hydrogens (tertiary/aromatic N) is 2. The first kappa shape index (κ1) is 19.4. The molecule has 1 N–H and O–H groups in total. The molecule has 0 spiro atoms. The third-order valence-electron chi connectivity index (χ3n) is 4.69. The lowest BCUT2D eigenvalue weighted by molar-refractivity contribution is -0.131. The standard InChI is InChI=1S/C20H25N3O3S/c1-14-21-17(13-27-14)11-19(24)22-16-6-7-20(25)23(9-8-16)12-15-4-3-5-18(10-15)26-2/h3-5,10,13,16H,6-9,11-12H2,1-2H3,(H,22,24). The summed E-state index contributed by atoms with van der Waals surface area (Å²) in [5.74, 6) is 0.890. The van der Waals surface area contributed by atoms with Crippen LogP contribution in [0.5, 0.6) is 5.75 Å². The van der Waals surface area contributed by atoms with E-state index in [1.165, 1.54) is 0 Å². The van der Waals surface area contributed by atoms with E-state index in [1.54, 1.807) is 18.4 Å². The lowest BCUT2D eigenvalue weighted by atomic mass is 10.1. The molecule has 27 heavy (non-hydrogen) atoms. The second-order valence-corrected chi connectivity index (χ2v) is 7.86. The Kier molecular flexibility index (Phi) is 6.45. The lowest BCUT2D eigenvalue weighted by Gasteiger charge is -2.21. The smallest absolute Gasteiger partial charge is 0.226 e. The number of nitrogens with one attached hydrogen (secondary N) is 1. The van der Waals surface area contributed by atoms with E-state index in [2.05, 4.69) is 10.3 Å². The maximum atomic E-state index is 12.5. The van der Waals surface area contributed by atoms with Crippen LogP contribution in [0.2, 0.25) is 0 Å². The van der Waals surface area contributed by atoms with Gasteiger partial charge in [0, 0.05) is 30.9 Å². The molecule has 2 heterocycles. The number of aromatic nitrogens is 1. The Labute approximate surface area is 163 Å². The van der Waals surface area contributed by atoms with Crippen molar-refractivity contribution in [1.82, 2.24) is 15.2 Å². The number of carbonyl (C=O) groups excluding carboxylic acids is 2. The summed E-state index contributed by atoms with van der Waals surface area (Å²) in [7, 11) is 1.64. The maximum absolute atomic E-state index is 12.5. The van der Waals surface area contributed by atoms with Crippen LogP contribution >= 0.6 is 11.3 Å². The van der Waals surface area contributed by atoms with Crippen LogP contribution in [0.1, 0.15) is 35.5 Å². The van der Waals surface area contributed by atoms with Crippen LogP contribution in [0.25, 0.3) is 0 Å². The number of rotatable bonds is 6. The molecule has 1 saturated heterocycles. The number of hydrogen-bond acceptors (Lipinski definition) is 5. The summed E-state index contributed by atoms with van der Waals surface area (Å²) in [6.45, 7) is 3.13. The molecule has 0 bridgehead atoms. The van der Waals surface area contributed by atoms with Crippen molar-refractivity contribution >= 4 is 23.2 Å². The van der Waals surface area contributed by atoms with Crippen molar-refractivity contribution in [3.05, 3.63) is 45.9 Å². The fraction of sp³-hybridized carbons (Fsp3) is 0.450. The largest absolute Gasteiger partial charge is 0.497 e. The quantitative estimate of drug-likeness (QED) is 0.827. The number of methoxy groups -OCH3 is 1. The first-order valence-corrected chi connectivity index (χ1v) is 10.0. The first-order chi connectivity index (χ1) is 13.0. The van der Waals surface area contributed by atoms with E-state index in [0.29, 0.717) is 32.4 Å². The van der Waals surface area contributed by atoms with Crippen molar-refractivity contribution in [3.63, 3.8) is 0 Å². The fourth-order valence-corrected chi connectivity index (χ4v) is 3.88. The number of aryl methyl sites for hydroxylation is 1. The van der Waals surface area contributed by atoms with Crippen molar-refractivity contribution in [2.45, 2.75) is 45.2 Å². The Bertz CT molecular complexity index is 805. The van der Waals surface area contributed by atoms with Crippen molar-refractivity contribution in [3.8, 4) is 5.75 Å². The first-order valence-electron chi connectivity index (χ1n) is 9.14. The zero-order chi connectivity index (χ0) is 19.2. The van der Waals surface area contributed by atoms with Crippen LogP contribution in [0.4, 0.5) is 0 Å². The van der Waals surface area contributed by atoms with Crippen LogP contribution in [-0.4, -0.2) is 41.4 Å². The molecule has 2 aromatic rings. The molecule has 1 aliphatic rings. The van der Waals surface area contributed by atoms with Gasteiger partial charge in [-0.25, -0.2) is 4.98 Å². The normalized spacial score (nSPS) is 17.5. The molecule has 1 atom stereocenters. The molecule has 1 aromatic carbocycles. The molecule has 1 unspecified atom stereocenters. The van der Waals surface area contributed by atoms with Gasteiger partial charge in [-0.1, -0.05) is 12.1 Å². The molecule has 6 nitrogen and oxygen atoms in total. The van der Waals surface area contributed by atoms with E-state index in [0.717, 1.165) is 28.4 Å². The molecule has 0 radical (unpaired) electrons. The third kappa shape index (κ3) is 5.53. The topological polar surface area (TPSA) is 71.5 Å². The van der Waals surface area contributed by atoms with Gasteiger partial charge >= 0.3 is 0 Å². The second kappa shape index (κ2) is 8.99. The van der Waals surface area contributed by atoms with E-state index in [9.17, 15) is 9.59 Å². The average molecular weight is 388 g/mol. The molecule has 144 valence electrons. The molecule has 7 heteroatoms. The van der Waals surface area contributed by atoms with Gasteiger partial charge in [0.2, 0.25) is 11.8 Å². The van der Waals surface area contributed by atoms with E-state index < -0.39 is 0 Å². The van der Waals surface area contributed by atoms with Crippen molar-refractivity contribution in [2.75, 3.05) is 13.7 Å². The SMILES string of the molecule is COc1cccc(CN2CCC(NC(=O)Cc3csc(C)n3)CCC2=O)c1. The van der Waals surface area contributed by atoms with E-state index in [-0.39, 0.29) is 17.9 Å². The Balaban J connectivity index is 1.53. The van der Waals surface area contributed by atoms with Gasteiger partial charge in [0.25, 0.3) is 0 Å². The summed E-state index contributed by atoms with van der Waals surface area (Å²) in [4.78, 5) is 30.9. The van der Waals surface area contributed by atoms with E-state index in [1.807, 2.05) is 41.5 Å². The highest BCUT2D eigenvalue weighted by atomic mass is 32.1. The van der Waals surface area contributed by atoms with Gasteiger partial charge in [-0.3, -0.25) is 9.59 Å². The molecule has 2 amide bonds. The van der Waals surface area contributed by atoms with Gasteiger partial charge in [-0.2, -0.15) is 0 Å². The molecular weight excluding hydrogens is 362 g/mol. The molecule has 1 aliphatic heterocycles. The minimum Gasteiger partial charge on any atom is -0.497 e. The van der Waals surface area contributed by atoms with Crippen molar-refractivity contribution in [2.24, 2.45) is 0 Å². The fourth-order valence-electron chi connectivity index (χ4n) is 3.27. The summed E-state index contributed by atoms with van der Waals surface area (Å²) in [6, 6.07) is 7.79. The van der Waals surface area contributed by atoms with Crippen molar-refractivity contribution in [1.29, 1.82) is 0 Å². The minimum absolute atomic E-state index is 0.0245. The number of ether oxygens (including phenoxy) is 1. The summed E-state index contributed by atoms with van der Waals surface area (Å²) >= 11 is 1.55. The number of thiazole rings is 1.